The monoisotopic (exact) mass is 547 g/mol. The highest BCUT2D eigenvalue weighted by Crippen LogP contribution is 2.35. The topological polar surface area (TPSA) is 198 Å². The summed E-state index contributed by atoms with van der Waals surface area (Å²) in [5, 5.41) is 28.8. The normalized spacial score (nSPS) is 28.4. The van der Waals surface area contributed by atoms with Crippen molar-refractivity contribution in [2.45, 2.75) is 68.9 Å². The molecule has 0 radical (unpaired) electrons. The quantitative estimate of drug-likeness (QED) is 0.196. The number of amides is 2. The van der Waals surface area contributed by atoms with Crippen molar-refractivity contribution in [3.63, 3.8) is 0 Å². The van der Waals surface area contributed by atoms with Crippen LogP contribution in [0.4, 0.5) is 0 Å². The standard InChI is InChI=1S/C27H34N10O3/c1-2-15-10-11-18(36-35-15)24(40)30-12-19-21-27(34-25(28)33-21)22(38)20(13-37(27)26(29)32-19)31-23(39)17-9-5-7-14-6-3-4-8-16(14)17/h5,7,9-11,19-22,38H,2-4,6,8,12-13H2,1H3,(H2,29,32)(H,30,40)(H,31,39)(H3,28,33,34)/p+1/t19-,20?,21-,22+,27-/m0/s1. The molecule has 1 aliphatic carbocycles. The molecule has 5 atom stereocenters. The lowest BCUT2D eigenvalue weighted by Gasteiger charge is -2.43. The summed E-state index contributed by atoms with van der Waals surface area (Å²) < 4.78 is 0. The summed E-state index contributed by atoms with van der Waals surface area (Å²) in [6.45, 7) is 2.30. The molecule has 0 bridgehead atoms. The van der Waals surface area contributed by atoms with Crippen LogP contribution < -0.4 is 32.4 Å². The molecule has 1 aromatic carbocycles. The van der Waals surface area contributed by atoms with E-state index in [9.17, 15) is 14.7 Å². The number of fused-ring (bicyclic) bond motifs is 1. The van der Waals surface area contributed by atoms with Gasteiger partial charge in [-0.25, -0.2) is 10.3 Å². The second-order valence-electron chi connectivity index (χ2n) is 10.8. The maximum atomic E-state index is 13.4. The van der Waals surface area contributed by atoms with Gasteiger partial charge in [0.15, 0.2) is 17.7 Å². The first-order valence-electron chi connectivity index (χ1n) is 13.8. The number of nitrogens with zero attached hydrogens (tertiary/aromatic N) is 4. The number of guanidine groups is 2. The van der Waals surface area contributed by atoms with Crippen LogP contribution in [0.2, 0.25) is 0 Å². The van der Waals surface area contributed by atoms with E-state index in [1.165, 1.54) is 5.56 Å². The molecule has 13 nitrogen and oxygen atoms in total. The zero-order valence-electron chi connectivity index (χ0n) is 22.4. The zero-order valence-corrected chi connectivity index (χ0v) is 22.4. The lowest BCUT2D eigenvalue weighted by molar-refractivity contribution is -0.513. The van der Waals surface area contributed by atoms with Gasteiger partial charge in [-0.2, -0.15) is 5.10 Å². The van der Waals surface area contributed by atoms with Crippen LogP contribution in [-0.2, 0) is 19.3 Å². The van der Waals surface area contributed by atoms with Gasteiger partial charge in [0.1, 0.15) is 12.1 Å². The number of nitrogens with one attached hydrogen (secondary N) is 4. The molecular weight excluding hydrogens is 512 g/mol. The van der Waals surface area contributed by atoms with E-state index < -0.39 is 35.8 Å². The number of carbonyl (C=O) groups excluding carboxylic acids is 2. The van der Waals surface area contributed by atoms with Crippen molar-refractivity contribution in [2.75, 3.05) is 13.1 Å². The molecule has 4 heterocycles. The van der Waals surface area contributed by atoms with Crippen LogP contribution in [0.15, 0.2) is 35.3 Å². The van der Waals surface area contributed by atoms with Crippen molar-refractivity contribution in [1.29, 1.82) is 0 Å². The minimum atomic E-state index is -1.16. The number of aryl methyl sites for hydroxylation is 2. The number of carbonyl (C=O) groups is 2. The molecule has 6 rings (SSSR count). The molecule has 1 fully saturated rings. The summed E-state index contributed by atoms with van der Waals surface area (Å²) in [7, 11) is 0. The fourth-order valence-corrected chi connectivity index (χ4v) is 6.49. The van der Waals surface area contributed by atoms with Gasteiger partial charge in [-0.05, 0) is 61.4 Å². The number of benzene rings is 1. The number of aromatic nitrogens is 2. The Balaban J connectivity index is 1.20. The number of aliphatic imine (C=N–C) groups is 1. The minimum Gasteiger partial charge on any atom is -0.385 e. The van der Waals surface area contributed by atoms with E-state index >= 15 is 0 Å². The van der Waals surface area contributed by atoms with E-state index in [0.29, 0.717) is 5.56 Å². The van der Waals surface area contributed by atoms with Gasteiger partial charge in [0.2, 0.25) is 5.66 Å². The van der Waals surface area contributed by atoms with Gasteiger partial charge >= 0.3 is 5.96 Å². The van der Waals surface area contributed by atoms with Gasteiger partial charge in [0.25, 0.3) is 11.8 Å². The molecular formula is C27H35N10O3+. The van der Waals surface area contributed by atoms with Crippen LogP contribution in [-0.4, -0.2) is 86.9 Å². The van der Waals surface area contributed by atoms with Gasteiger partial charge in [0, 0.05) is 18.7 Å². The Bertz CT molecular complexity index is 1390. The fraction of sp³-hybridized carbons (Fsp3) is 0.481. The number of aliphatic hydroxyl groups excluding tert-OH is 1. The summed E-state index contributed by atoms with van der Waals surface area (Å²) in [6.07, 6.45) is 3.63. The molecule has 2 aromatic rings. The number of aliphatic hydroxyl groups is 1. The van der Waals surface area contributed by atoms with Crippen LogP contribution in [0.3, 0.4) is 0 Å². The highest BCUT2D eigenvalue weighted by atomic mass is 16.3. The van der Waals surface area contributed by atoms with Crippen LogP contribution in [0.25, 0.3) is 0 Å². The van der Waals surface area contributed by atoms with Crippen LogP contribution in [0, 0.1) is 0 Å². The first-order chi connectivity index (χ1) is 19.3. The molecule has 13 heteroatoms. The van der Waals surface area contributed by atoms with Crippen LogP contribution >= 0.6 is 0 Å². The smallest absolute Gasteiger partial charge is 0.343 e. The third kappa shape index (κ3) is 4.21. The van der Waals surface area contributed by atoms with Crippen LogP contribution in [0.1, 0.15) is 57.4 Å². The second kappa shape index (κ2) is 10.0. The van der Waals surface area contributed by atoms with Crippen molar-refractivity contribution < 1.29 is 19.7 Å². The van der Waals surface area contributed by atoms with Gasteiger partial charge < -0.3 is 26.4 Å². The van der Waals surface area contributed by atoms with Crippen molar-refractivity contribution in [3.05, 3.63) is 58.4 Å². The minimum absolute atomic E-state index is 0.110. The number of hydrogen-bond acceptors (Lipinski definition) is 10. The predicted molar refractivity (Wildman–Crippen MR) is 146 cm³/mol. The van der Waals surface area contributed by atoms with E-state index in [1.54, 1.807) is 17.0 Å². The van der Waals surface area contributed by atoms with Crippen molar-refractivity contribution in [1.82, 2.24) is 31.0 Å². The highest BCUT2D eigenvalue weighted by Gasteiger charge is 2.68. The molecule has 0 saturated carbocycles. The van der Waals surface area contributed by atoms with Gasteiger partial charge in [0.05, 0.1) is 11.7 Å². The second-order valence-corrected chi connectivity index (χ2v) is 10.8. The van der Waals surface area contributed by atoms with E-state index in [-0.39, 0.29) is 36.6 Å². The first-order valence-corrected chi connectivity index (χ1v) is 13.8. The Labute approximate surface area is 231 Å². The number of hydrogen-bond donors (Lipinski definition) is 7. The summed E-state index contributed by atoms with van der Waals surface area (Å²) in [5.41, 5.74) is 15.3. The van der Waals surface area contributed by atoms with E-state index in [1.807, 2.05) is 19.1 Å². The van der Waals surface area contributed by atoms with Crippen LogP contribution in [0.5, 0.6) is 0 Å². The Morgan fingerprint density at radius 2 is 2.00 bits per heavy atom. The third-order valence-electron chi connectivity index (χ3n) is 8.48. The molecule has 1 saturated heterocycles. The van der Waals surface area contributed by atoms with E-state index in [0.717, 1.165) is 43.4 Å². The molecule has 40 heavy (non-hydrogen) atoms. The molecule has 1 spiro atoms. The maximum absolute atomic E-state index is 13.4. The van der Waals surface area contributed by atoms with Crippen molar-refractivity contribution >= 4 is 23.7 Å². The lowest BCUT2D eigenvalue weighted by Crippen LogP contribution is -2.88. The van der Waals surface area contributed by atoms with Crippen molar-refractivity contribution in [3.8, 4) is 0 Å². The summed E-state index contributed by atoms with van der Waals surface area (Å²) >= 11 is 0. The Hall–Kier alpha value is -4.26. The molecule has 9 N–H and O–H groups in total. The third-order valence-corrected chi connectivity index (χ3v) is 8.48. The average Bonchev–Trinajstić information content (AvgIpc) is 3.47. The Kier molecular flexibility index (Phi) is 6.53. The van der Waals surface area contributed by atoms with Crippen molar-refractivity contribution in [2.24, 2.45) is 16.5 Å². The number of nitrogens with two attached hydrogens (primary N) is 2. The molecule has 210 valence electrons. The van der Waals surface area contributed by atoms with E-state index in [4.69, 9.17) is 11.5 Å². The van der Waals surface area contributed by atoms with E-state index in [2.05, 4.69) is 42.2 Å². The fourth-order valence-electron chi connectivity index (χ4n) is 6.49. The molecule has 3 aliphatic heterocycles. The summed E-state index contributed by atoms with van der Waals surface area (Å²) in [5.74, 6) is -0.195. The largest absolute Gasteiger partial charge is 0.385 e. The zero-order chi connectivity index (χ0) is 28.0. The SMILES string of the molecule is CCc1ccc(C(=O)NC[C@@H]2N=C(N)N3CC(NC(=O)c4cccc5c4CCCC5)[C@@H](O)[C@@]34NC(N)=[NH+][C@@H]24)nn1. The predicted octanol–water partition coefficient (Wildman–Crippen LogP) is -3.12. The Morgan fingerprint density at radius 1 is 1.18 bits per heavy atom. The van der Waals surface area contributed by atoms with Gasteiger partial charge in [-0.3, -0.25) is 20.3 Å². The maximum Gasteiger partial charge on any atom is 0.343 e. The molecule has 4 aliphatic rings. The van der Waals surface area contributed by atoms with Gasteiger partial charge in [-0.1, -0.05) is 19.1 Å². The highest BCUT2D eigenvalue weighted by molar-refractivity contribution is 5.96. The average molecular weight is 548 g/mol. The number of rotatable bonds is 6. The summed E-state index contributed by atoms with van der Waals surface area (Å²) in [4.78, 5) is 35.8. The molecule has 1 aromatic heterocycles. The Morgan fingerprint density at radius 3 is 2.77 bits per heavy atom. The first kappa shape index (κ1) is 26.0. The molecule has 1 unspecified atom stereocenters. The molecule has 2 amide bonds. The lowest BCUT2D eigenvalue weighted by atomic mass is 9.87. The summed E-state index contributed by atoms with van der Waals surface area (Å²) in [6, 6.07) is 7.45. The van der Waals surface area contributed by atoms with Gasteiger partial charge in [-0.15, -0.1) is 5.10 Å².